The van der Waals surface area contributed by atoms with E-state index in [1.54, 1.807) is 6.07 Å². The number of benzene rings is 1. The zero-order valence-corrected chi connectivity index (χ0v) is 8.53. The van der Waals surface area contributed by atoms with E-state index in [0.717, 1.165) is 0 Å². The summed E-state index contributed by atoms with van der Waals surface area (Å²) in [6, 6.07) is 7.41. The van der Waals surface area contributed by atoms with Crippen LogP contribution in [0.3, 0.4) is 0 Å². The normalized spacial score (nSPS) is 28.6. The van der Waals surface area contributed by atoms with Crippen LogP contribution >= 0.6 is 0 Å². The number of Topliss-reactive ketones (excluding diaryl/α,β-unsaturated/α-hetero) is 1. The summed E-state index contributed by atoms with van der Waals surface area (Å²) >= 11 is 0. The first kappa shape index (κ1) is 12.1. The van der Waals surface area contributed by atoms with Gasteiger partial charge in [-0.2, -0.15) is 13.2 Å². The number of ether oxygens (including phenoxy) is 1. The molecule has 0 radical (unpaired) electrons. The summed E-state index contributed by atoms with van der Waals surface area (Å²) in [5.74, 6) is -6.13. The summed E-state index contributed by atoms with van der Waals surface area (Å²) < 4.78 is 41.3. The molecule has 2 rings (SSSR count). The van der Waals surface area contributed by atoms with Gasteiger partial charge in [0.2, 0.25) is 0 Å². The minimum absolute atomic E-state index is 0.0882. The maximum Gasteiger partial charge on any atom is 0.403 e. The molecule has 1 aliphatic rings. The Labute approximate surface area is 94.8 Å². The van der Waals surface area contributed by atoms with Gasteiger partial charge in [0.05, 0.1) is 12.5 Å². The van der Waals surface area contributed by atoms with Gasteiger partial charge in [-0.25, -0.2) is 0 Å². The predicted octanol–water partition coefficient (Wildman–Crippen LogP) is 1.13. The van der Waals surface area contributed by atoms with Crippen LogP contribution in [0.4, 0.5) is 13.2 Å². The molecule has 1 aliphatic heterocycles. The molecule has 2 unspecified atom stereocenters. The average molecular weight is 245 g/mol. The Kier molecular flexibility index (Phi) is 2.71. The maximum absolute atomic E-state index is 12.4. The van der Waals surface area contributed by atoms with E-state index in [4.69, 9.17) is 0 Å². The molecular weight excluding hydrogens is 237 g/mol. The van der Waals surface area contributed by atoms with Gasteiger partial charge in [0, 0.05) is 5.56 Å². The van der Waals surface area contributed by atoms with Gasteiger partial charge in [0.15, 0.2) is 5.78 Å². The molecule has 0 amide bonds. The molecule has 1 aromatic carbocycles. The second kappa shape index (κ2) is 3.82. The van der Waals surface area contributed by atoms with Crippen LogP contribution in [-0.2, 0) is 4.74 Å². The second-order valence-corrected chi connectivity index (χ2v) is 3.76. The van der Waals surface area contributed by atoms with Crippen molar-refractivity contribution in [3.05, 3.63) is 35.9 Å². The predicted molar refractivity (Wildman–Crippen MR) is 49.0 cm³/mol. The van der Waals surface area contributed by atoms with Gasteiger partial charge in [-0.3, -0.25) is 4.79 Å². The van der Waals surface area contributed by atoms with E-state index in [1.165, 1.54) is 24.3 Å². The maximum atomic E-state index is 12.4. The van der Waals surface area contributed by atoms with Gasteiger partial charge >= 0.3 is 6.18 Å². The molecule has 3 nitrogen and oxygen atoms in total. The molecule has 92 valence electrons. The summed E-state index contributed by atoms with van der Waals surface area (Å²) in [5.41, 5.74) is 0.0882. The molecule has 1 aromatic rings. The molecule has 1 heterocycles. The van der Waals surface area contributed by atoms with E-state index in [2.05, 4.69) is 4.74 Å². The SMILES string of the molecule is O=C(c1ccccc1)C1COC1([O-])C(F)(F)F. The minimum Gasteiger partial charge on any atom is -0.821 e. The first-order chi connectivity index (χ1) is 7.86. The average Bonchev–Trinajstić information content (AvgIpc) is 2.26. The molecule has 0 aromatic heterocycles. The number of carbonyl (C=O) groups excluding carboxylic acids is 1. The lowest BCUT2D eigenvalue weighted by atomic mass is 9.85. The third-order valence-corrected chi connectivity index (χ3v) is 2.69. The van der Waals surface area contributed by atoms with E-state index in [1.807, 2.05) is 0 Å². The number of ketones is 1. The zero-order valence-electron chi connectivity index (χ0n) is 8.53. The molecular formula is C11H8F3O3-. The van der Waals surface area contributed by atoms with Gasteiger partial charge < -0.3 is 9.84 Å². The topological polar surface area (TPSA) is 49.4 Å². The van der Waals surface area contributed by atoms with Crippen molar-refractivity contribution in [2.24, 2.45) is 5.92 Å². The van der Waals surface area contributed by atoms with Crippen molar-refractivity contribution in [3.8, 4) is 0 Å². The van der Waals surface area contributed by atoms with Gasteiger partial charge in [0.25, 0.3) is 0 Å². The first-order valence-corrected chi connectivity index (χ1v) is 4.86. The van der Waals surface area contributed by atoms with E-state index >= 15 is 0 Å². The van der Waals surface area contributed by atoms with Crippen molar-refractivity contribution in [2.75, 3.05) is 6.61 Å². The van der Waals surface area contributed by atoms with Crippen molar-refractivity contribution in [1.82, 2.24) is 0 Å². The zero-order chi connectivity index (χ0) is 12.7. The molecule has 1 saturated heterocycles. The molecule has 2 atom stereocenters. The molecule has 0 aliphatic carbocycles. The number of rotatable bonds is 2. The molecule has 1 fully saturated rings. The van der Waals surface area contributed by atoms with Gasteiger partial charge in [-0.15, -0.1) is 0 Å². The van der Waals surface area contributed by atoms with E-state index < -0.39 is 30.3 Å². The van der Waals surface area contributed by atoms with Crippen molar-refractivity contribution in [2.45, 2.75) is 12.0 Å². The molecule has 0 spiro atoms. The Morgan fingerprint density at radius 3 is 2.35 bits per heavy atom. The Morgan fingerprint density at radius 2 is 1.94 bits per heavy atom. The Balaban J connectivity index is 2.23. The highest BCUT2D eigenvalue weighted by Gasteiger charge is 2.60. The fourth-order valence-corrected chi connectivity index (χ4v) is 1.65. The lowest BCUT2D eigenvalue weighted by molar-refractivity contribution is -0.654. The van der Waals surface area contributed by atoms with Crippen molar-refractivity contribution >= 4 is 5.78 Å². The Bertz CT molecular complexity index is 429. The Hall–Kier alpha value is -1.40. The first-order valence-electron chi connectivity index (χ1n) is 4.86. The quantitative estimate of drug-likeness (QED) is 0.734. The molecule has 17 heavy (non-hydrogen) atoms. The van der Waals surface area contributed by atoms with E-state index in [9.17, 15) is 23.1 Å². The van der Waals surface area contributed by atoms with Crippen molar-refractivity contribution in [3.63, 3.8) is 0 Å². The number of alkyl halides is 3. The van der Waals surface area contributed by atoms with Crippen LogP contribution in [0, 0.1) is 5.92 Å². The molecule has 0 bridgehead atoms. The monoisotopic (exact) mass is 245 g/mol. The van der Waals surface area contributed by atoms with Crippen LogP contribution in [0.15, 0.2) is 30.3 Å². The number of halogens is 3. The smallest absolute Gasteiger partial charge is 0.403 e. The van der Waals surface area contributed by atoms with Crippen molar-refractivity contribution in [1.29, 1.82) is 0 Å². The number of hydrogen-bond acceptors (Lipinski definition) is 3. The summed E-state index contributed by atoms with van der Waals surface area (Å²) in [4.78, 5) is 11.7. The molecule has 6 heteroatoms. The summed E-state index contributed by atoms with van der Waals surface area (Å²) in [7, 11) is 0. The van der Waals surface area contributed by atoms with Crippen molar-refractivity contribution < 1.29 is 27.8 Å². The number of carbonyl (C=O) groups is 1. The summed E-state index contributed by atoms with van der Waals surface area (Å²) in [6.45, 7) is -0.489. The van der Waals surface area contributed by atoms with Gasteiger partial charge in [-0.05, 0) is 0 Å². The fourth-order valence-electron chi connectivity index (χ4n) is 1.65. The van der Waals surface area contributed by atoms with Crippen LogP contribution < -0.4 is 5.11 Å². The lowest BCUT2D eigenvalue weighted by Crippen LogP contribution is -2.73. The summed E-state index contributed by atoms with van der Waals surface area (Å²) in [6.07, 6.45) is -5.08. The van der Waals surface area contributed by atoms with Crippen LogP contribution in [0.25, 0.3) is 0 Å². The van der Waals surface area contributed by atoms with E-state index in [-0.39, 0.29) is 5.56 Å². The largest absolute Gasteiger partial charge is 0.821 e. The molecule has 0 N–H and O–H groups in total. The van der Waals surface area contributed by atoms with Gasteiger partial charge in [0.1, 0.15) is 5.79 Å². The standard InChI is InChI=1S/C11H8F3O3/c12-11(13,14)10(16)8(6-17-10)9(15)7-4-2-1-3-5-7/h1-5,8H,6H2/q-1. The minimum atomic E-state index is -5.08. The van der Waals surface area contributed by atoms with Crippen LogP contribution in [-0.4, -0.2) is 24.4 Å². The highest BCUT2D eigenvalue weighted by molar-refractivity contribution is 5.99. The highest BCUT2D eigenvalue weighted by Crippen LogP contribution is 2.43. The van der Waals surface area contributed by atoms with Crippen LogP contribution in [0.5, 0.6) is 0 Å². The number of hydrogen-bond donors (Lipinski definition) is 0. The molecule has 0 saturated carbocycles. The van der Waals surface area contributed by atoms with Crippen LogP contribution in [0.1, 0.15) is 10.4 Å². The third kappa shape index (κ3) is 1.83. The Morgan fingerprint density at radius 1 is 1.35 bits per heavy atom. The third-order valence-electron chi connectivity index (χ3n) is 2.69. The fraction of sp³-hybridized carbons (Fsp3) is 0.364. The van der Waals surface area contributed by atoms with E-state index in [0.29, 0.717) is 0 Å². The lowest BCUT2D eigenvalue weighted by Gasteiger charge is -2.54. The summed E-state index contributed by atoms with van der Waals surface area (Å²) in [5, 5.41) is 11.4. The second-order valence-electron chi connectivity index (χ2n) is 3.76. The van der Waals surface area contributed by atoms with Crippen LogP contribution in [0.2, 0.25) is 0 Å². The van der Waals surface area contributed by atoms with Gasteiger partial charge in [-0.1, -0.05) is 30.3 Å². The highest BCUT2D eigenvalue weighted by atomic mass is 19.4.